The number of allylic oxidation sites excluding steroid dienone is 1. The minimum Gasteiger partial charge on any atom is -0.372 e. The third-order valence-electron chi connectivity index (χ3n) is 0.898. The van der Waals surface area contributed by atoms with Gasteiger partial charge in [0, 0.05) is 7.97 Å². The van der Waals surface area contributed by atoms with Crippen LogP contribution in [0.5, 0.6) is 0 Å². The number of nitrogens with one attached hydrogen (secondary N) is 2. The largest absolute Gasteiger partial charge is 0.372 e. The predicted octanol–water partition coefficient (Wildman–Crippen LogP) is 1.09. The zero-order chi connectivity index (χ0) is 9.82. The lowest BCUT2D eigenvalue weighted by Crippen LogP contribution is -2.35. The van der Waals surface area contributed by atoms with Crippen LogP contribution in [0.2, 0.25) is 0 Å². The molecule has 0 heterocycles. The highest BCUT2D eigenvalue weighted by molar-refractivity contribution is 4.66. The van der Waals surface area contributed by atoms with Gasteiger partial charge in [-0.2, -0.15) is 0 Å². The molecule has 0 rings (SSSR count). The van der Waals surface area contributed by atoms with Gasteiger partial charge in [0.15, 0.2) is 0 Å². The van der Waals surface area contributed by atoms with E-state index in [0.717, 1.165) is 6.54 Å². The van der Waals surface area contributed by atoms with Gasteiger partial charge in [-0.1, -0.05) is 19.6 Å². The first kappa shape index (κ1) is 13.8. The van der Waals surface area contributed by atoms with Gasteiger partial charge in [-0.25, -0.2) is 0 Å². The average Bonchev–Trinajstić information content (AvgIpc) is 2.03. The van der Waals surface area contributed by atoms with Crippen molar-refractivity contribution in [3.63, 3.8) is 0 Å². The lowest BCUT2D eigenvalue weighted by Gasteiger charge is -2.09. The number of hydrogen-bond donors (Lipinski definition) is 3. The normalized spacial score (nSPS) is 10.6. The molecule has 0 aromatic heterocycles. The van der Waals surface area contributed by atoms with Crippen LogP contribution in [-0.4, -0.2) is 24.4 Å². The summed E-state index contributed by atoms with van der Waals surface area (Å²) in [7, 11) is 0. The standard InChI is InChI=1S/C6H14N2O.C3H6.H2/c1-3-7-5-6(9)8-4-2;1-3-2;/h4,6-9H,2-3,5H2,1H3;3H,1H2,2H3;1H/t6-;;/m0../s1. The van der Waals surface area contributed by atoms with E-state index in [4.69, 9.17) is 5.11 Å². The van der Waals surface area contributed by atoms with Crippen molar-refractivity contribution in [1.29, 1.82) is 0 Å². The van der Waals surface area contributed by atoms with Crippen molar-refractivity contribution in [3.8, 4) is 0 Å². The minimum absolute atomic E-state index is 0. The molecule has 3 heteroatoms. The first-order chi connectivity index (χ1) is 5.72. The van der Waals surface area contributed by atoms with Crippen LogP contribution >= 0.6 is 0 Å². The molecule has 0 fully saturated rings. The zero-order valence-electron chi connectivity index (χ0n) is 8.01. The summed E-state index contributed by atoms with van der Waals surface area (Å²) in [5.74, 6) is 0. The first-order valence-electron chi connectivity index (χ1n) is 4.05. The molecule has 0 aromatic carbocycles. The molecule has 0 aliphatic carbocycles. The van der Waals surface area contributed by atoms with E-state index in [0.29, 0.717) is 6.54 Å². The molecule has 1 atom stereocenters. The van der Waals surface area contributed by atoms with E-state index in [2.05, 4.69) is 23.8 Å². The number of aliphatic hydroxyl groups excluding tert-OH is 1. The second-order valence-corrected chi connectivity index (χ2v) is 2.10. The van der Waals surface area contributed by atoms with Crippen molar-refractivity contribution < 1.29 is 6.53 Å². The Morgan fingerprint density at radius 3 is 2.42 bits per heavy atom. The Hall–Kier alpha value is -0.800. The van der Waals surface area contributed by atoms with Gasteiger partial charge >= 0.3 is 0 Å². The van der Waals surface area contributed by atoms with Crippen LogP contribution in [-0.2, 0) is 0 Å². The predicted molar refractivity (Wildman–Crippen MR) is 55.9 cm³/mol. The molecule has 0 radical (unpaired) electrons. The maximum Gasteiger partial charge on any atom is 0.136 e. The summed E-state index contributed by atoms with van der Waals surface area (Å²) >= 11 is 0. The van der Waals surface area contributed by atoms with E-state index in [9.17, 15) is 0 Å². The van der Waals surface area contributed by atoms with Crippen LogP contribution < -0.4 is 10.6 Å². The molecule has 0 saturated heterocycles. The molecule has 0 aliphatic rings. The Morgan fingerprint density at radius 1 is 1.58 bits per heavy atom. The van der Waals surface area contributed by atoms with Crippen LogP contribution in [0.15, 0.2) is 25.4 Å². The lowest BCUT2D eigenvalue weighted by molar-refractivity contribution is 0.152. The highest BCUT2D eigenvalue weighted by atomic mass is 16.3. The molecule has 12 heavy (non-hydrogen) atoms. The molecular weight excluding hydrogens is 152 g/mol. The highest BCUT2D eigenvalue weighted by Crippen LogP contribution is 1.71. The maximum absolute atomic E-state index is 8.94. The fraction of sp³-hybridized carbons (Fsp3) is 0.556. The lowest BCUT2D eigenvalue weighted by atomic mass is 10.5. The Labute approximate surface area is 76.7 Å². The Morgan fingerprint density at radius 2 is 2.08 bits per heavy atom. The summed E-state index contributed by atoms with van der Waals surface area (Å²) in [6, 6.07) is 0. The molecule has 3 nitrogen and oxygen atoms in total. The van der Waals surface area contributed by atoms with E-state index in [1.54, 1.807) is 6.08 Å². The van der Waals surface area contributed by atoms with Gasteiger partial charge in [-0.15, -0.1) is 6.58 Å². The van der Waals surface area contributed by atoms with Crippen molar-refractivity contribution >= 4 is 0 Å². The average molecular weight is 174 g/mol. The van der Waals surface area contributed by atoms with Crippen LogP contribution in [0, 0.1) is 0 Å². The topological polar surface area (TPSA) is 44.3 Å². The van der Waals surface area contributed by atoms with Crippen molar-refractivity contribution in [1.82, 2.24) is 10.6 Å². The van der Waals surface area contributed by atoms with E-state index >= 15 is 0 Å². The smallest absolute Gasteiger partial charge is 0.136 e. The molecule has 0 amide bonds. The van der Waals surface area contributed by atoms with Crippen molar-refractivity contribution in [2.24, 2.45) is 0 Å². The molecule has 0 saturated carbocycles. The Bertz CT molecular complexity index is 110. The molecular formula is C9H22N2O. The molecule has 3 N–H and O–H groups in total. The van der Waals surface area contributed by atoms with Crippen molar-refractivity contribution in [3.05, 3.63) is 25.4 Å². The van der Waals surface area contributed by atoms with Crippen molar-refractivity contribution in [2.45, 2.75) is 20.1 Å². The van der Waals surface area contributed by atoms with E-state index in [-0.39, 0.29) is 1.43 Å². The summed E-state index contributed by atoms with van der Waals surface area (Å²) in [6.45, 7) is 12.1. The monoisotopic (exact) mass is 174 g/mol. The van der Waals surface area contributed by atoms with Gasteiger partial charge in [0.05, 0.1) is 0 Å². The quantitative estimate of drug-likeness (QED) is 0.432. The summed E-state index contributed by atoms with van der Waals surface area (Å²) in [5.41, 5.74) is 0. The molecule has 0 unspecified atom stereocenters. The first-order valence-corrected chi connectivity index (χ1v) is 4.05. The third-order valence-corrected chi connectivity index (χ3v) is 0.898. The van der Waals surface area contributed by atoms with Gasteiger partial charge in [0.25, 0.3) is 0 Å². The number of likely N-dealkylation sites (N-methyl/N-ethyl adjacent to an activating group) is 1. The molecule has 0 bridgehead atoms. The van der Waals surface area contributed by atoms with Crippen LogP contribution in [0.1, 0.15) is 15.3 Å². The Kier molecular flexibility index (Phi) is 14.7. The number of aliphatic hydroxyl groups is 1. The second-order valence-electron chi connectivity index (χ2n) is 2.10. The fourth-order valence-electron chi connectivity index (χ4n) is 0.476. The second kappa shape index (κ2) is 12.8. The third kappa shape index (κ3) is 16.1. The Balaban J connectivity index is -0.000000220. The minimum atomic E-state index is -0.512. The van der Waals surface area contributed by atoms with E-state index < -0.39 is 6.23 Å². The van der Waals surface area contributed by atoms with Crippen LogP contribution in [0.3, 0.4) is 0 Å². The van der Waals surface area contributed by atoms with Crippen LogP contribution in [0.25, 0.3) is 0 Å². The molecule has 74 valence electrons. The fourth-order valence-corrected chi connectivity index (χ4v) is 0.476. The van der Waals surface area contributed by atoms with Gasteiger partial charge in [-0.3, -0.25) is 0 Å². The van der Waals surface area contributed by atoms with Crippen molar-refractivity contribution in [2.75, 3.05) is 13.1 Å². The van der Waals surface area contributed by atoms with Gasteiger partial charge in [0.1, 0.15) is 6.23 Å². The summed E-state index contributed by atoms with van der Waals surface area (Å²) < 4.78 is 0. The van der Waals surface area contributed by atoms with E-state index in [1.165, 1.54) is 6.20 Å². The summed E-state index contributed by atoms with van der Waals surface area (Å²) in [5, 5.41) is 14.5. The van der Waals surface area contributed by atoms with E-state index in [1.807, 2.05) is 13.8 Å². The number of hydrogen-bond acceptors (Lipinski definition) is 3. The van der Waals surface area contributed by atoms with Crippen LogP contribution in [0.4, 0.5) is 0 Å². The molecule has 0 aromatic rings. The highest BCUT2D eigenvalue weighted by Gasteiger charge is 1.95. The molecule has 0 spiro atoms. The van der Waals surface area contributed by atoms with Gasteiger partial charge < -0.3 is 15.7 Å². The summed E-state index contributed by atoms with van der Waals surface area (Å²) in [6.07, 6.45) is 2.71. The SMILES string of the molecule is C=CC.C=CN[C@@H](O)CNCC.[HH]. The molecule has 0 aliphatic heterocycles. The van der Waals surface area contributed by atoms with Gasteiger partial charge in [0.2, 0.25) is 0 Å². The number of rotatable bonds is 5. The zero-order valence-corrected chi connectivity index (χ0v) is 8.01. The maximum atomic E-state index is 8.94. The summed E-state index contributed by atoms with van der Waals surface area (Å²) in [4.78, 5) is 0. The van der Waals surface area contributed by atoms with Gasteiger partial charge in [-0.05, 0) is 19.7 Å².